The van der Waals surface area contributed by atoms with Gasteiger partial charge in [-0.3, -0.25) is 0 Å². The quantitative estimate of drug-likeness (QED) is 0.696. The summed E-state index contributed by atoms with van der Waals surface area (Å²) < 4.78 is 22.7. The van der Waals surface area contributed by atoms with E-state index >= 15 is 0 Å². The molecular weight excluding hydrogens is 218 g/mol. The molecule has 0 aliphatic carbocycles. The van der Waals surface area contributed by atoms with Gasteiger partial charge in [0.15, 0.2) is 9.84 Å². The van der Waals surface area contributed by atoms with Crippen LogP contribution in [0.25, 0.3) is 0 Å². The van der Waals surface area contributed by atoms with E-state index in [4.69, 9.17) is 4.84 Å². The lowest BCUT2D eigenvalue weighted by atomic mass is 10.3. The summed E-state index contributed by atoms with van der Waals surface area (Å²) in [5.41, 5.74) is 0.656. The predicted octanol–water partition coefficient (Wildman–Crippen LogP) is 0.611. The highest BCUT2D eigenvalue weighted by Gasteiger charge is 2.38. The third-order valence-electron chi connectivity index (χ3n) is 2.08. The van der Waals surface area contributed by atoms with Crippen molar-refractivity contribution in [2.24, 2.45) is 0 Å². The number of hydrogen-bond donors (Lipinski definition) is 0. The number of carbonyl (C=O) groups excluding carboxylic acids is 1. The number of carbonyl (C=O) groups is 1. The van der Waals surface area contributed by atoms with Crippen LogP contribution in [0.5, 0.6) is 0 Å². The van der Waals surface area contributed by atoms with Crippen LogP contribution in [-0.2, 0) is 19.5 Å². The average molecular weight is 231 g/mol. The van der Waals surface area contributed by atoms with Crippen LogP contribution in [0, 0.1) is 0 Å². The summed E-state index contributed by atoms with van der Waals surface area (Å²) in [4.78, 5) is 15.5. The van der Waals surface area contributed by atoms with Crippen molar-refractivity contribution in [2.75, 3.05) is 6.26 Å². The lowest BCUT2D eigenvalue weighted by molar-refractivity contribution is -0.169. The van der Waals surface area contributed by atoms with Gasteiger partial charge in [-0.25, -0.2) is 13.2 Å². The molecule has 0 aromatic heterocycles. The van der Waals surface area contributed by atoms with Crippen molar-refractivity contribution in [3.05, 3.63) is 24.6 Å². The van der Waals surface area contributed by atoms with Crippen molar-refractivity contribution in [2.45, 2.75) is 18.6 Å². The molecule has 0 N–H and O–H groups in total. The van der Waals surface area contributed by atoms with Gasteiger partial charge in [-0.15, -0.1) is 0 Å². The van der Waals surface area contributed by atoms with E-state index in [0.29, 0.717) is 5.70 Å². The smallest absolute Gasteiger partial charge is 0.329 e. The molecule has 0 saturated carbocycles. The van der Waals surface area contributed by atoms with Gasteiger partial charge in [-0.2, -0.15) is 5.06 Å². The molecule has 0 aromatic carbocycles. The molecule has 0 amide bonds. The van der Waals surface area contributed by atoms with Crippen molar-refractivity contribution in [1.82, 2.24) is 5.06 Å². The summed E-state index contributed by atoms with van der Waals surface area (Å²) in [6, 6.07) is 0. The Kier molecular flexibility index (Phi) is 2.90. The molecule has 84 valence electrons. The van der Waals surface area contributed by atoms with E-state index in [9.17, 15) is 13.2 Å². The minimum Gasteiger partial charge on any atom is -0.337 e. The minimum absolute atomic E-state index is 0.213. The monoisotopic (exact) mass is 231 g/mol. The summed E-state index contributed by atoms with van der Waals surface area (Å²) >= 11 is 0. The second-order valence-corrected chi connectivity index (χ2v) is 5.69. The first-order valence-corrected chi connectivity index (χ1v) is 6.23. The van der Waals surface area contributed by atoms with Crippen molar-refractivity contribution in [3.63, 3.8) is 0 Å². The van der Waals surface area contributed by atoms with Crippen LogP contribution in [0.15, 0.2) is 24.6 Å². The summed E-state index contributed by atoms with van der Waals surface area (Å²) in [6.07, 6.45) is 1.33. The highest BCUT2D eigenvalue weighted by molar-refractivity contribution is 7.91. The molecule has 0 radical (unpaired) electrons. The summed E-state index contributed by atoms with van der Waals surface area (Å²) in [5.74, 6) is -0.536. The average Bonchev–Trinajstić information content (AvgIpc) is 2.30. The fourth-order valence-electron chi connectivity index (χ4n) is 1.40. The van der Waals surface area contributed by atoms with Gasteiger partial charge in [0.1, 0.15) is 5.25 Å². The molecule has 0 spiro atoms. The minimum atomic E-state index is -3.25. The SMILES string of the molecule is C=C1CC(S(C)(=O)=O)C(=C)N1OC(C)=O. The normalized spacial score (nSPS) is 22.0. The number of hydroxylamine groups is 2. The van der Waals surface area contributed by atoms with Crippen molar-refractivity contribution < 1.29 is 18.0 Å². The molecule has 1 heterocycles. The molecule has 1 aliphatic rings. The van der Waals surface area contributed by atoms with Crippen LogP contribution >= 0.6 is 0 Å². The van der Waals surface area contributed by atoms with E-state index < -0.39 is 21.1 Å². The van der Waals surface area contributed by atoms with Crippen LogP contribution in [0.1, 0.15) is 13.3 Å². The van der Waals surface area contributed by atoms with Gasteiger partial charge in [0, 0.05) is 19.6 Å². The van der Waals surface area contributed by atoms with Crippen LogP contribution < -0.4 is 0 Å². The second kappa shape index (κ2) is 3.69. The van der Waals surface area contributed by atoms with Gasteiger partial charge < -0.3 is 4.84 Å². The molecule has 6 heteroatoms. The van der Waals surface area contributed by atoms with Gasteiger partial charge in [-0.1, -0.05) is 13.2 Å². The fraction of sp³-hybridized carbons (Fsp3) is 0.444. The first-order valence-electron chi connectivity index (χ1n) is 4.27. The molecule has 0 aromatic rings. The maximum Gasteiger partial charge on any atom is 0.329 e. The molecule has 5 nitrogen and oxygen atoms in total. The summed E-state index contributed by atoms with van der Waals surface area (Å²) in [6.45, 7) is 8.45. The van der Waals surface area contributed by atoms with E-state index in [1.165, 1.54) is 6.92 Å². The zero-order chi connectivity index (χ0) is 11.8. The highest BCUT2D eigenvalue weighted by Crippen LogP contribution is 2.33. The summed E-state index contributed by atoms with van der Waals surface area (Å²) in [5, 5.41) is 0.345. The Morgan fingerprint density at radius 1 is 1.53 bits per heavy atom. The van der Waals surface area contributed by atoms with Crippen LogP contribution in [0.4, 0.5) is 0 Å². The molecule has 1 rings (SSSR count). The number of rotatable bonds is 2. The zero-order valence-corrected chi connectivity index (χ0v) is 9.50. The van der Waals surface area contributed by atoms with Gasteiger partial charge in [0.2, 0.25) is 0 Å². The van der Waals surface area contributed by atoms with Gasteiger partial charge in [0.05, 0.1) is 11.4 Å². The highest BCUT2D eigenvalue weighted by atomic mass is 32.2. The predicted molar refractivity (Wildman–Crippen MR) is 55.1 cm³/mol. The lowest BCUT2D eigenvalue weighted by Gasteiger charge is -2.18. The second-order valence-electron chi connectivity index (χ2n) is 3.46. The molecular formula is C9H13NO4S. The Morgan fingerprint density at radius 2 is 2.07 bits per heavy atom. The number of hydrogen-bond acceptors (Lipinski definition) is 5. The molecule has 1 aliphatic heterocycles. The Labute approximate surface area is 88.9 Å². The maximum absolute atomic E-state index is 11.4. The Bertz CT molecular complexity index is 423. The number of allylic oxidation sites excluding steroid dienone is 1. The van der Waals surface area contributed by atoms with Crippen molar-refractivity contribution in [1.29, 1.82) is 0 Å². The Morgan fingerprint density at radius 3 is 2.40 bits per heavy atom. The molecule has 1 fully saturated rings. The van der Waals surface area contributed by atoms with Crippen LogP contribution in [0.3, 0.4) is 0 Å². The standard InChI is InChI=1S/C9H13NO4S/c1-6-5-9(15(4,12)13)7(2)10(6)14-8(3)11/h9H,1-2,5H2,3-4H3. The lowest BCUT2D eigenvalue weighted by Crippen LogP contribution is -2.24. The summed E-state index contributed by atoms with van der Waals surface area (Å²) in [7, 11) is -3.25. The van der Waals surface area contributed by atoms with E-state index in [1.54, 1.807) is 0 Å². The van der Waals surface area contributed by atoms with E-state index in [-0.39, 0.29) is 12.1 Å². The van der Waals surface area contributed by atoms with Crippen molar-refractivity contribution >= 4 is 15.8 Å². The maximum atomic E-state index is 11.4. The fourth-order valence-corrected chi connectivity index (χ4v) is 2.48. The van der Waals surface area contributed by atoms with Gasteiger partial charge in [-0.05, 0) is 0 Å². The van der Waals surface area contributed by atoms with Crippen LogP contribution in [-0.4, -0.2) is 31.0 Å². The van der Waals surface area contributed by atoms with E-state index in [0.717, 1.165) is 11.3 Å². The van der Waals surface area contributed by atoms with Crippen LogP contribution in [0.2, 0.25) is 0 Å². The Balaban J connectivity index is 2.94. The molecule has 1 atom stereocenters. The largest absolute Gasteiger partial charge is 0.337 e. The van der Waals surface area contributed by atoms with Gasteiger partial charge in [0.25, 0.3) is 0 Å². The molecule has 1 saturated heterocycles. The third-order valence-corrected chi connectivity index (χ3v) is 3.55. The molecule has 0 bridgehead atoms. The number of nitrogens with zero attached hydrogens (tertiary/aromatic N) is 1. The molecule has 15 heavy (non-hydrogen) atoms. The van der Waals surface area contributed by atoms with Crippen molar-refractivity contribution in [3.8, 4) is 0 Å². The third kappa shape index (κ3) is 2.38. The molecule has 1 unspecified atom stereocenters. The number of sulfone groups is 1. The van der Waals surface area contributed by atoms with E-state index in [1.807, 2.05) is 0 Å². The zero-order valence-electron chi connectivity index (χ0n) is 8.69. The topological polar surface area (TPSA) is 63.7 Å². The van der Waals surface area contributed by atoms with E-state index in [2.05, 4.69) is 13.2 Å². The first kappa shape index (κ1) is 11.8. The Hall–Kier alpha value is -1.30. The van der Waals surface area contributed by atoms with Gasteiger partial charge >= 0.3 is 5.97 Å². The first-order chi connectivity index (χ1) is 6.73.